The smallest absolute Gasteiger partial charge is 0.247 e. The minimum atomic E-state index is -1.53. The van der Waals surface area contributed by atoms with Crippen LogP contribution in [0.25, 0.3) is 0 Å². The van der Waals surface area contributed by atoms with Gasteiger partial charge in [-0.15, -0.1) is 5.10 Å². The van der Waals surface area contributed by atoms with Gasteiger partial charge >= 0.3 is 0 Å². The van der Waals surface area contributed by atoms with Crippen molar-refractivity contribution in [1.29, 1.82) is 0 Å². The zero-order chi connectivity index (χ0) is 20.2. The molecule has 0 unspecified atom stereocenters. The second-order valence-corrected chi connectivity index (χ2v) is 7.11. The Bertz CT molecular complexity index is 975. The van der Waals surface area contributed by atoms with Gasteiger partial charge in [-0.2, -0.15) is 10.1 Å². The molecule has 0 bridgehead atoms. The van der Waals surface area contributed by atoms with Crippen molar-refractivity contribution in [2.45, 2.75) is 19.3 Å². The second kappa shape index (κ2) is 8.46. The normalized spacial score (nSPS) is 14.8. The third-order valence-corrected chi connectivity index (χ3v) is 5.11. The third-order valence-electron chi connectivity index (χ3n) is 5.11. The number of aromatic nitrogens is 3. The van der Waals surface area contributed by atoms with Gasteiger partial charge in [0, 0.05) is 13.1 Å². The van der Waals surface area contributed by atoms with Crippen molar-refractivity contribution in [3.05, 3.63) is 71.7 Å². The van der Waals surface area contributed by atoms with Crippen molar-refractivity contribution < 1.29 is 13.2 Å². The summed E-state index contributed by atoms with van der Waals surface area (Å²) in [6, 6.07) is 12.4. The van der Waals surface area contributed by atoms with Crippen molar-refractivity contribution in [3.8, 4) is 0 Å². The molecule has 0 radical (unpaired) electrons. The fraction of sp³-hybridized carbons (Fsp3) is 0.286. The molecule has 1 aliphatic heterocycles. The Morgan fingerprint density at radius 2 is 1.72 bits per heavy atom. The summed E-state index contributed by atoms with van der Waals surface area (Å²) in [7, 11) is 0. The Labute approximate surface area is 166 Å². The summed E-state index contributed by atoms with van der Waals surface area (Å²) in [6.45, 7) is 1.59. The molecule has 0 atom stereocenters. The fourth-order valence-corrected chi connectivity index (χ4v) is 3.53. The van der Waals surface area contributed by atoms with E-state index in [0.717, 1.165) is 44.5 Å². The molecular weight excluding hydrogens is 379 g/mol. The zero-order valence-electron chi connectivity index (χ0n) is 15.7. The van der Waals surface area contributed by atoms with E-state index in [2.05, 4.69) is 44.8 Å². The van der Waals surface area contributed by atoms with Gasteiger partial charge in [0.2, 0.25) is 5.95 Å². The van der Waals surface area contributed by atoms with Crippen molar-refractivity contribution in [3.63, 3.8) is 0 Å². The molecule has 5 nitrogen and oxygen atoms in total. The van der Waals surface area contributed by atoms with Crippen molar-refractivity contribution in [2.75, 3.05) is 23.3 Å². The molecule has 29 heavy (non-hydrogen) atoms. The van der Waals surface area contributed by atoms with Crippen LogP contribution in [0.2, 0.25) is 0 Å². The molecule has 0 saturated carbocycles. The van der Waals surface area contributed by atoms with Crippen molar-refractivity contribution >= 4 is 17.5 Å². The van der Waals surface area contributed by atoms with Crippen LogP contribution in [-0.2, 0) is 6.42 Å². The number of halogens is 3. The van der Waals surface area contributed by atoms with Crippen LogP contribution in [0.4, 0.5) is 30.6 Å². The average Bonchev–Trinajstić information content (AvgIpc) is 2.76. The highest BCUT2D eigenvalue weighted by Crippen LogP contribution is 2.26. The highest BCUT2D eigenvalue weighted by atomic mass is 19.2. The number of hydrogen-bond donors (Lipinski definition) is 1. The van der Waals surface area contributed by atoms with Gasteiger partial charge in [0.1, 0.15) is 0 Å². The molecule has 2 heterocycles. The summed E-state index contributed by atoms with van der Waals surface area (Å²) in [5, 5.41) is 10.6. The standard InChI is InChI=1S/C21H20F3N5/c22-16-6-7-17(20(24)19(16)23)26-18-13-25-28-21(27-18)29-10-8-15(9-11-29)12-14-4-2-1-3-5-14/h1-7,13,15H,8-12H2,(H,26,27,28). The number of nitrogens with one attached hydrogen (secondary N) is 1. The van der Waals surface area contributed by atoms with Crippen LogP contribution in [0.3, 0.4) is 0 Å². The predicted molar refractivity (Wildman–Crippen MR) is 105 cm³/mol. The van der Waals surface area contributed by atoms with E-state index in [-0.39, 0.29) is 11.5 Å². The van der Waals surface area contributed by atoms with Gasteiger partial charge in [-0.3, -0.25) is 0 Å². The summed E-state index contributed by atoms with van der Waals surface area (Å²) in [4.78, 5) is 6.38. The highest BCUT2D eigenvalue weighted by molar-refractivity contribution is 5.57. The van der Waals surface area contributed by atoms with E-state index in [0.29, 0.717) is 11.9 Å². The number of nitrogens with zero attached hydrogens (tertiary/aromatic N) is 4. The SMILES string of the molecule is Fc1ccc(Nc2cnnc(N3CCC(Cc4ccccc4)CC3)n2)c(F)c1F. The largest absolute Gasteiger partial charge is 0.339 e. The zero-order valence-corrected chi connectivity index (χ0v) is 15.7. The number of anilines is 3. The highest BCUT2D eigenvalue weighted by Gasteiger charge is 2.22. The van der Waals surface area contributed by atoms with Gasteiger partial charge in [-0.05, 0) is 42.9 Å². The van der Waals surface area contributed by atoms with E-state index in [1.807, 2.05) is 11.0 Å². The van der Waals surface area contributed by atoms with Gasteiger partial charge in [0.05, 0.1) is 11.9 Å². The Hall–Kier alpha value is -3.16. The summed E-state index contributed by atoms with van der Waals surface area (Å²) >= 11 is 0. The molecular formula is C21H20F3N5. The van der Waals surface area contributed by atoms with Crippen LogP contribution >= 0.6 is 0 Å². The molecule has 1 aromatic heterocycles. The third kappa shape index (κ3) is 4.47. The summed E-state index contributed by atoms with van der Waals surface area (Å²) < 4.78 is 40.4. The Morgan fingerprint density at radius 3 is 2.48 bits per heavy atom. The lowest BCUT2D eigenvalue weighted by atomic mass is 9.90. The second-order valence-electron chi connectivity index (χ2n) is 7.11. The average molecular weight is 399 g/mol. The molecule has 0 aliphatic carbocycles. The lowest BCUT2D eigenvalue weighted by molar-refractivity contribution is 0.400. The van der Waals surface area contributed by atoms with Gasteiger partial charge < -0.3 is 10.2 Å². The van der Waals surface area contributed by atoms with E-state index in [4.69, 9.17) is 0 Å². The fourth-order valence-electron chi connectivity index (χ4n) is 3.53. The number of piperidine rings is 1. The summed E-state index contributed by atoms with van der Waals surface area (Å²) in [5.74, 6) is -2.83. The molecule has 1 N–H and O–H groups in total. The van der Waals surface area contributed by atoms with Crippen LogP contribution in [0.5, 0.6) is 0 Å². The van der Waals surface area contributed by atoms with Crippen molar-refractivity contribution in [1.82, 2.24) is 15.2 Å². The lowest BCUT2D eigenvalue weighted by Crippen LogP contribution is -2.35. The maximum Gasteiger partial charge on any atom is 0.247 e. The monoisotopic (exact) mass is 399 g/mol. The van der Waals surface area contributed by atoms with Crippen LogP contribution in [0.15, 0.2) is 48.7 Å². The molecule has 8 heteroatoms. The minimum Gasteiger partial charge on any atom is -0.339 e. The predicted octanol–water partition coefficient (Wildman–Crippen LogP) is 4.49. The Kier molecular flexibility index (Phi) is 5.59. The molecule has 1 aliphatic rings. The van der Waals surface area contributed by atoms with E-state index in [1.165, 1.54) is 11.8 Å². The van der Waals surface area contributed by atoms with Crippen molar-refractivity contribution in [2.24, 2.45) is 5.92 Å². The molecule has 3 aromatic rings. The first-order chi connectivity index (χ1) is 14.1. The van der Waals surface area contributed by atoms with Crippen LogP contribution in [-0.4, -0.2) is 28.3 Å². The Morgan fingerprint density at radius 1 is 0.966 bits per heavy atom. The van der Waals surface area contributed by atoms with Crippen LogP contribution in [0.1, 0.15) is 18.4 Å². The Balaban J connectivity index is 1.40. The minimum absolute atomic E-state index is 0.211. The number of rotatable bonds is 5. The first-order valence-electron chi connectivity index (χ1n) is 9.49. The maximum atomic E-state index is 13.9. The first kappa shape index (κ1) is 19.2. The molecule has 4 rings (SSSR count). The van der Waals surface area contributed by atoms with Gasteiger partial charge in [-0.25, -0.2) is 13.2 Å². The van der Waals surface area contributed by atoms with Gasteiger partial charge in [-0.1, -0.05) is 30.3 Å². The van der Waals surface area contributed by atoms with E-state index < -0.39 is 17.5 Å². The molecule has 1 saturated heterocycles. The maximum absolute atomic E-state index is 13.9. The molecule has 1 fully saturated rings. The van der Waals surface area contributed by atoms with E-state index in [9.17, 15) is 13.2 Å². The quantitative estimate of drug-likeness (QED) is 0.641. The summed E-state index contributed by atoms with van der Waals surface area (Å²) in [6.07, 6.45) is 4.37. The van der Waals surface area contributed by atoms with Gasteiger partial charge in [0.15, 0.2) is 23.3 Å². The number of benzene rings is 2. The van der Waals surface area contributed by atoms with E-state index >= 15 is 0 Å². The topological polar surface area (TPSA) is 53.9 Å². The summed E-state index contributed by atoms with van der Waals surface area (Å²) in [5.41, 5.74) is 1.13. The van der Waals surface area contributed by atoms with E-state index in [1.54, 1.807) is 0 Å². The van der Waals surface area contributed by atoms with Crippen LogP contribution in [0, 0.1) is 23.4 Å². The molecule has 0 spiro atoms. The molecule has 150 valence electrons. The first-order valence-corrected chi connectivity index (χ1v) is 9.49. The number of hydrogen-bond acceptors (Lipinski definition) is 5. The van der Waals surface area contributed by atoms with Gasteiger partial charge in [0.25, 0.3) is 0 Å². The molecule has 2 aromatic carbocycles. The lowest BCUT2D eigenvalue weighted by Gasteiger charge is -2.31. The van der Waals surface area contributed by atoms with Crippen LogP contribution < -0.4 is 10.2 Å². The molecule has 0 amide bonds.